The minimum Gasteiger partial charge on any atom is -0.346 e. The Morgan fingerprint density at radius 3 is 2.73 bits per heavy atom. The number of hydrogen-bond acceptors (Lipinski definition) is 2. The van der Waals surface area contributed by atoms with Crippen LogP contribution in [-0.4, -0.2) is 12.4 Å². The molecule has 1 aromatic rings. The normalized spacial score (nSPS) is 33.2. The monoisotopic (exact) mass is 202 g/mol. The molecule has 2 nitrogen and oxygen atoms in total. The number of benzene rings is 1. The van der Waals surface area contributed by atoms with E-state index in [-0.39, 0.29) is 18.5 Å². The SMILES string of the molecule is C[C@@H]1O[C@@H](C)C2=Cc3ccccc3[C@H]2O1. The molecule has 1 heterocycles. The second-order valence-corrected chi connectivity index (χ2v) is 4.14. The van der Waals surface area contributed by atoms with Crippen molar-refractivity contribution in [1.29, 1.82) is 0 Å². The molecule has 2 aliphatic rings. The van der Waals surface area contributed by atoms with Crippen molar-refractivity contribution in [3.63, 3.8) is 0 Å². The Morgan fingerprint density at radius 1 is 1.07 bits per heavy atom. The highest BCUT2D eigenvalue weighted by molar-refractivity contribution is 5.66. The molecular formula is C13H14O2. The van der Waals surface area contributed by atoms with Crippen molar-refractivity contribution >= 4 is 6.08 Å². The third-order valence-corrected chi connectivity index (χ3v) is 3.10. The summed E-state index contributed by atoms with van der Waals surface area (Å²) in [5.74, 6) is 0. The molecule has 3 rings (SSSR count). The van der Waals surface area contributed by atoms with Crippen LogP contribution in [0.4, 0.5) is 0 Å². The highest BCUT2D eigenvalue weighted by Gasteiger charge is 2.35. The molecule has 2 heteroatoms. The van der Waals surface area contributed by atoms with Crippen LogP contribution in [0.15, 0.2) is 29.8 Å². The largest absolute Gasteiger partial charge is 0.346 e. The van der Waals surface area contributed by atoms with E-state index in [0.717, 1.165) is 0 Å². The van der Waals surface area contributed by atoms with Crippen molar-refractivity contribution in [2.45, 2.75) is 32.3 Å². The topological polar surface area (TPSA) is 18.5 Å². The van der Waals surface area contributed by atoms with E-state index < -0.39 is 0 Å². The zero-order valence-corrected chi connectivity index (χ0v) is 8.94. The summed E-state index contributed by atoms with van der Waals surface area (Å²) in [5.41, 5.74) is 3.78. The molecule has 0 bridgehead atoms. The van der Waals surface area contributed by atoms with Crippen LogP contribution in [0.2, 0.25) is 0 Å². The molecule has 0 radical (unpaired) electrons. The van der Waals surface area contributed by atoms with Gasteiger partial charge in [-0.15, -0.1) is 0 Å². The lowest BCUT2D eigenvalue weighted by atomic mass is 10.0. The van der Waals surface area contributed by atoms with E-state index in [1.807, 2.05) is 6.92 Å². The van der Waals surface area contributed by atoms with Crippen molar-refractivity contribution in [2.75, 3.05) is 0 Å². The molecule has 3 atom stereocenters. The molecule has 0 saturated carbocycles. The summed E-state index contributed by atoms with van der Waals surface area (Å²) in [5, 5.41) is 0. The summed E-state index contributed by atoms with van der Waals surface area (Å²) in [6.45, 7) is 4.04. The highest BCUT2D eigenvalue weighted by Crippen LogP contribution is 2.43. The van der Waals surface area contributed by atoms with Gasteiger partial charge in [-0.05, 0) is 36.6 Å². The molecule has 0 N–H and O–H groups in total. The fourth-order valence-corrected chi connectivity index (χ4v) is 2.39. The Kier molecular flexibility index (Phi) is 1.94. The molecule has 78 valence electrons. The summed E-state index contributed by atoms with van der Waals surface area (Å²) in [6, 6.07) is 8.38. The summed E-state index contributed by atoms with van der Waals surface area (Å²) >= 11 is 0. The number of rotatable bonds is 0. The second-order valence-electron chi connectivity index (χ2n) is 4.14. The van der Waals surface area contributed by atoms with Gasteiger partial charge in [-0.25, -0.2) is 0 Å². The van der Waals surface area contributed by atoms with E-state index in [9.17, 15) is 0 Å². The summed E-state index contributed by atoms with van der Waals surface area (Å²) in [7, 11) is 0. The van der Waals surface area contributed by atoms with E-state index in [0.29, 0.717) is 0 Å². The smallest absolute Gasteiger partial charge is 0.156 e. The van der Waals surface area contributed by atoms with Gasteiger partial charge < -0.3 is 9.47 Å². The average molecular weight is 202 g/mol. The second kappa shape index (κ2) is 3.19. The molecule has 15 heavy (non-hydrogen) atoms. The molecule has 1 aliphatic carbocycles. The molecule has 0 amide bonds. The van der Waals surface area contributed by atoms with Crippen LogP contribution < -0.4 is 0 Å². The highest BCUT2D eigenvalue weighted by atomic mass is 16.7. The van der Waals surface area contributed by atoms with Gasteiger partial charge >= 0.3 is 0 Å². The summed E-state index contributed by atoms with van der Waals surface area (Å²) < 4.78 is 11.5. The van der Waals surface area contributed by atoms with Crippen LogP contribution in [0.25, 0.3) is 6.08 Å². The molecule has 1 saturated heterocycles. The fraction of sp³-hybridized carbons (Fsp3) is 0.385. The van der Waals surface area contributed by atoms with Gasteiger partial charge in [0.1, 0.15) is 6.10 Å². The average Bonchev–Trinajstić information content (AvgIpc) is 2.57. The quantitative estimate of drug-likeness (QED) is 0.644. The van der Waals surface area contributed by atoms with E-state index in [1.165, 1.54) is 16.7 Å². The maximum Gasteiger partial charge on any atom is 0.156 e. The lowest BCUT2D eigenvalue weighted by Gasteiger charge is -2.33. The lowest BCUT2D eigenvalue weighted by Crippen LogP contribution is -2.31. The third-order valence-electron chi connectivity index (χ3n) is 3.10. The molecule has 0 spiro atoms. The first-order valence-corrected chi connectivity index (χ1v) is 5.37. The lowest BCUT2D eigenvalue weighted by molar-refractivity contribution is -0.201. The Morgan fingerprint density at radius 2 is 1.87 bits per heavy atom. The summed E-state index contributed by atoms with van der Waals surface area (Å²) in [4.78, 5) is 0. The maximum absolute atomic E-state index is 5.82. The van der Waals surface area contributed by atoms with Crippen LogP contribution in [-0.2, 0) is 9.47 Å². The van der Waals surface area contributed by atoms with Crippen LogP contribution in [0.1, 0.15) is 31.1 Å². The Hall–Kier alpha value is -1.12. The zero-order valence-electron chi connectivity index (χ0n) is 8.94. The Balaban J connectivity index is 2.06. The van der Waals surface area contributed by atoms with Crippen molar-refractivity contribution < 1.29 is 9.47 Å². The van der Waals surface area contributed by atoms with Crippen molar-refractivity contribution in [1.82, 2.24) is 0 Å². The maximum atomic E-state index is 5.82. The third kappa shape index (κ3) is 1.33. The van der Waals surface area contributed by atoms with Crippen molar-refractivity contribution in [3.8, 4) is 0 Å². The minimum atomic E-state index is -0.117. The molecule has 1 aromatic carbocycles. The van der Waals surface area contributed by atoms with E-state index in [4.69, 9.17) is 9.47 Å². The fourth-order valence-electron chi connectivity index (χ4n) is 2.39. The van der Waals surface area contributed by atoms with Crippen LogP contribution in [0, 0.1) is 0 Å². The molecule has 1 aliphatic heterocycles. The van der Waals surface area contributed by atoms with Gasteiger partial charge in [0.2, 0.25) is 0 Å². The van der Waals surface area contributed by atoms with E-state index >= 15 is 0 Å². The number of ether oxygens (including phenoxy) is 2. The minimum absolute atomic E-state index is 0.111. The van der Waals surface area contributed by atoms with Gasteiger partial charge in [0.25, 0.3) is 0 Å². The van der Waals surface area contributed by atoms with Crippen LogP contribution in [0.5, 0.6) is 0 Å². The van der Waals surface area contributed by atoms with Crippen LogP contribution >= 0.6 is 0 Å². The van der Waals surface area contributed by atoms with Gasteiger partial charge in [0, 0.05) is 0 Å². The van der Waals surface area contributed by atoms with E-state index in [2.05, 4.69) is 37.3 Å². The standard InChI is InChI=1S/C13H14O2/c1-8-12-7-10-5-3-4-6-11(10)13(12)15-9(2)14-8/h3-9,13H,1-2H3/t8-,9+,13+/m0/s1. The molecule has 0 aromatic heterocycles. The predicted octanol–water partition coefficient (Wildman–Crippen LogP) is 2.91. The molecule has 0 unspecified atom stereocenters. The van der Waals surface area contributed by atoms with Crippen LogP contribution in [0.3, 0.4) is 0 Å². The number of fused-ring (bicyclic) bond motifs is 3. The predicted molar refractivity (Wildman–Crippen MR) is 58.3 cm³/mol. The summed E-state index contributed by atoms with van der Waals surface area (Å²) in [6.07, 6.45) is 2.34. The van der Waals surface area contributed by atoms with Crippen molar-refractivity contribution in [2.24, 2.45) is 0 Å². The molecule has 1 fully saturated rings. The number of hydrogen-bond donors (Lipinski definition) is 0. The van der Waals surface area contributed by atoms with Gasteiger partial charge in [-0.1, -0.05) is 24.3 Å². The first-order valence-electron chi connectivity index (χ1n) is 5.37. The Bertz CT molecular complexity index is 422. The first kappa shape index (κ1) is 9.13. The van der Waals surface area contributed by atoms with Gasteiger partial charge in [0.05, 0.1) is 6.10 Å². The first-order chi connectivity index (χ1) is 7.25. The molecular weight excluding hydrogens is 188 g/mol. The Labute approximate surface area is 89.5 Å². The zero-order chi connectivity index (χ0) is 10.4. The van der Waals surface area contributed by atoms with Gasteiger partial charge in [0.15, 0.2) is 6.29 Å². The van der Waals surface area contributed by atoms with Gasteiger partial charge in [-0.3, -0.25) is 0 Å². The van der Waals surface area contributed by atoms with Crippen molar-refractivity contribution in [3.05, 3.63) is 41.0 Å². The van der Waals surface area contributed by atoms with Gasteiger partial charge in [-0.2, -0.15) is 0 Å². The van der Waals surface area contributed by atoms with E-state index in [1.54, 1.807) is 0 Å².